The zero-order valence-electron chi connectivity index (χ0n) is 10.2. The summed E-state index contributed by atoms with van der Waals surface area (Å²) in [6.45, 7) is 2.21. The van der Waals surface area contributed by atoms with Gasteiger partial charge in [-0.15, -0.1) is 0 Å². The van der Waals surface area contributed by atoms with Crippen LogP contribution in [-0.4, -0.2) is 12.9 Å². The zero-order valence-corrected chi connectivity index (χ0v) is 10.2. The average molecular weight is 228 g/mol. The standard InChI is InChI=1S/C15H16O2/c1-15-6-5-10-7-12(17-2)3-4-13(10)14(15)8-11(16)9-15/h3-4,7-8H,5-6,9H2,1-2H3/t15-/m1/s1. The topological polar surface area (TPSA) is 26.3 Å². The van der Waals surface area contributed by atoms with E-state index in [1.54, 1.807) is 7.11 Å². The van der Waals surface area contributed by atoms with Gasteiger partial charge in [0.2, 0.25) is 0 Å². The van der Waals surface area contributed by atoms with Crippen LogP contribution < -0.4 is 4.74 Å². The largest absolute Gasteiger partial charge is 0.497 e. The summed E-state index contributed by atoms with van der Waals surface area (Å²) >= 11 is 0. The van der Waals surface area contributed by atoms with Crippen molar-refractivity contribution in [2.45, 2.75) is 26.2 Å². The number of ketones is 1. The second kappa shape index (κ2) is 3.46. The number of benzene rings is 1. The minimum Gasteiger partial charge on any atom is -0.497 e. The highest BCUT2D eigenvalue weighted by atomic mass is 16.5. The van der Waals surface area contributed by atoms with Gasteiger partial charge in [0.25, 0.3) is 0 Å². The maximum atomic E-state index is 11.6. The van der Waals surface area contributed by atoms with E-state index in [0.717, 1.165) is 18.6 Å². The minimum absolute atomic E-state index is 0.0681. The lowest BCUT2D eigenvalue weighted by Gasteiger charge is -2.33. The summed E-state index contributed by atoms with van der Waals surface area (Å²) in [7, 11) is 1.69. The molecule has 2 nitrogen and oxygen atoms in total. The highest BCUT2D eigenvalue weighted by molar-refractivity contribution is 6.04. The molecular formula is C15H16O2. The fourth-order valence-corrected chi connectivity index (χ4v) is 3.07. The van der Waals surface area contributed by atoms with Gasteiger partial charge in [0.1, 0.15) is 5.75 Å². The van der Waals surface area contributed by atoms with Gasteiger partial charge in [-0.1, -0.05) is 13.0 Å². The van der Waals surface area contributed by atoms with Crippen molar-refractivity contribution >= 4 is 11.4 Å². The lowest BCUT2D eigenvalue weighted by Crippen LogP contribution is -2.22. The monoisotopic (exact) mass is 228 g/mol. The number of carbonyl (C=O) groups excluding carboxylic acids is 1. The molecule has 0 fully saturated rings. The Morgan fingerprint density at radius 2 is 2.18 bits per heavy atom. The van der Waals surface area contributed by atoms with E-state index >= 15 is 0 Å². The van der Waals surface area contributed by atoms with Crippen LogP contribution in [0.3, 0.4) is 0 Å². The molecule has 0 saturated heterocycles. The summed E-state index contributed by atoms with van der Waals surface area (Å²) in [6.07, 6.45) is 4.61. The second-order valence-corrected chi connectivity index (χ2v) is 5.28. The summed E-state index contributed by atoms with van der Waals surface area (Å²) in [5.41, 5.74) is 3.85. The molecule has 0 unspecified atom stereocenters. The number of allylic oxidation sites excluding steroid dienone is 2. The van der Waals surface area contributed by atoms with Crippen LogP contribution in [0.4, 0.5) is 0 Å². The molecule has 1 aromatic carbocycles. The van der Waals surface area contributed by atoms with Crippen molar-refractivity contribution < 1.29 is 9.53 Å². The Balaban J connectivity index is 2.13. The Bertz CT molecular complexity index is 528. The molecule has 17 heavy (non-hydrogen) atoms. The summed E-state index contributed by atoms with van der Waals surface area (Å²) in [5.74, 6) is 1.17. The number of hydrogen-bond acceptors (Lipinski definition) is 2. The van der Waals surface area contributed by atoms with Crippen LogP contribution in [-0.2, 0) is 11.2 Å². The molecule has 1 atom stereocenters. The van der Waals surface area contributed by atoms with E-state index in [9.17, 15) is 4.79 Å². The van der Waals surface area contributed by atoms with Crippen LogP contribution in [0.1, 0.15) is 30.9 Å². The lowest BCUT2D eigenvalue weighted by molar-refractivity contribution is -0.115. The second-order valence-electron chi connectivity index (χ2n) is 5.28. The van der Waals surface area contributed by atoms with Gasteiger partial charge in [0, 0.05) is 11.8 Å². The van der Waals surface area contributed by atoms with Gasteiger partial charge in [-0.2, -0.15) is 0 Å². The highest BCUT2D eigenvalue weighted by Crippen LogP contribution is 2.50. The number of aryl methyl sites for hydroxylation is 1. The lowest BCUT2D eigenvalue weighted by atomic mass is 9.70. The van der Waals surface area contributed by atoms with E-state index < -0.39 is 0 Å². The number of hydrogen-bond donors (Lipinski definition) is 0. The van der Waals surface area contributed by atoms with E-state index in [2.05, 4.69) is 19.1 Å². The summed E-state index contributed by atoms with van der Waals surface area (Å²) in [4.78, 5) is 11.6. The first kappa shape index (κ1) is 10.6. The molecule has 0 spiro atoms. The first-order valence-corrected chi connectivity index (χ1v) is 6.05. The molecule has 0 amide bonds. The van der Waals surface area contributed by atoms with Crippen molar-refractivity contribution in [1.29, 1.82) is 0 Å². The van der Waals surface area contributed by atoms with Crippen molar-refractivity contribution in [3.05, 3.63) is 35.4 Å². The molecule has 3 rings (SSSR count). The Labute approximate surface area is 101 Å². The van der Waals surface area contributed by atoms with Crippen LogP contribution in [0, 0.1) is 5.41 Å². The van der Waals surface area contributed by atoms with Crippen LogP contribution in [0.5, 0.6) is 5.75 Å². The molecule has 1 aromatic rings. The molecule has 0 heterocycles. The van der Waals surface area contributed by atoms with Gasteiger partial charge in [0.05, 0.1) is 7.11 Å². The third-order valence-corrected chi connectivity index (χ3v) is 4.07. The Morgan fingerprint density at radius 1 is 1.35 bits per heavy atom. The predicted molar refractivity (Wildman–Crippen MR) is 67.0 cm³/mol. The maximum Gasteiger partial charge on any atom is 0.156 e. The van der Waals surface area contributed by atoms with Crippen LogP contribution in [0.25, 0.3) is 5.57 Å². The van der Waals surface area contributed by atoms with E-state index in [4.69, 9.17) is 4.74 Å². The Kier molecular flexibility index (Phi) is 2.15. The predicted octanol–water partition coefficient (Wildman–Crippen LogP) is 3.00. The van der Waals surface area contributed by atoms with Gasteiger partial charge < -0.3 is 4.74 Å². The van der Waals surface area contributed by atoms with Crippen molar-refractivity contribution in [2.75, 3.05) is 7.11 Å². The normalized spacial score (nSPS) is 26.2. The SMILES string of the molecule is COc1ccc2c(c1)CC[C@]1(C)CC(=O)C=C21. The fraction of sp³-hybridized carbons (Fsp3) is 0.400. The highest BCUT2D eigenvalue weighted by Gasteiger charge is 2.40. The number of methoxy groups -OCH3 is 1. The van der Waals surface area contributed by atoms with Crippen LogP contribution >= 0.6 is 0 Å². The van der Waals surface area contributed by atoms with Crippen molar-refractivity contribution in [3.8, 4) is 5.75 Å². The third-order valence-electron chi connectivity index (χ3n) is 4.07. The summed E-state index contributed by atoms with van der Waals surface area (Å²) in [6, 6.07) is 6.17. The third kappa shape index (κ3) is 1.51. The Morgan fingerprint density at radius 3 is 2.94 bits per heavy atom. The Hall–Kier alpha value is -1.57. The molecule has 0 N–H and O–H groups in total. The van der Waals surface area contributed by atoms with E-state index in [-0.39, 0.29) is 11.2 Å². The summed E-state index contributed by atoms with van der Waals surface area (Å²) < 4.78 is 5.25. The molecule has 88 valence electrons. The van der Waals surface area contributed by atoms with Crippen molar-refractivity contribution in [2.24, 2.45) is 5.41 Å². The number of ether oxygens (including phenoxy) is 1. The zero-order chi connectivity index (χ0) is 12.0. The molecular weight excluding hydrogens is 212 g/mol. The molecule has 2 heteroatoms. The fourth-order valence-electron chi connectivity index (χ4n) is 3.07. The van der Waals surface area contributed by atoms with Gasteiger partial charge in [-0.25, -0.2) is 0 Å². The van der Waals surface area contributed by atoms with Gasteiger partial charge in [-0.3, -0.25) is 4.79 Å². The first-order chi connectivity index (χ1) is 8.12. The van der Waals surface area contributed by atoms with Crippen molar-refractivity contribution in [1.82, 2.24) is 0 Å². The minimum atomic E-state index is 0.0681. The van der Waals surface area contributed by atoms with Crippen LogP contribution in [0.15, 0.2) is 24.3 Å². The number of carbonyl (C=O) groups is 1. The quantitative estimate of drug-likeness (QED) is 0.738. The smallest absolute Gasteiger partial charge is 0.156 e. The van der Waals surface area contributed by atoms with E-state index in [1.165, 1.54) is 16.7 Å². The van der Waals surface area contributed by atoms with E-state index in [1.807, 2.05) is 12.1 Å². The molecule has 0 aliphatic heterocycles. The van der Waals surface area contributed by atoms with E-state index in [0.29, 0.717) is 6.42 Å². The molecule has 0 saturated carbocycles. The summed E-state index contributed by atoms with van der Waals surface area (Å²) in [5, 5.41) is 0. The molecule has 0 radical (unpaired) electrons. The maximum absolute atomic E-state index is 11.6. The van der Waals surface area contributed by atoms with Crippen LogP contribution in [0.2, 0.25) is 0 Å². The van der Waals surface area contributed by atoms with Gasteiger partial charge >= 0.3 is 0 Å². The number of rotatable bonds is 1. The van der Waals surface area contributed by atoms with Crippen molar-refractivity contribution in [3.63, 3.8) is 0 Å². The first-order valence-electron chi connectivity index (χ1n) is 6.05. The molecule has 0 aromatic heterocycles. The molecule has 0 bridgehead atoms. The molecule has 2 aliphatic rings. The number of fused-ring (bicyclic) bond motifs is 3. The van der Waals surface area contributed by atoms with Gasteiger partial charge in [0.15, 0.2) is 5.78 Å². The average Bonchev–Trinajstić information content (AvgIpc) is 2.63. The van der Waals surface area contributed by atoms with Gasteiger partial charge in [-0.05, 0) is 47.8 Å². The molecule has 2 aliphatic carbocycles.